The Kier molecular flexibility index (Phi) is 5.16. The topological polar surface area (TPSA) is 52.3 Å². The van der Waals surface area contributed by atoms with Crippen LogP contribution >= 0.6 is 0 Å². The van der Waals surface area contributed by atoms with Crippen LogP contribution in [0.4, 0.5) is 0 Å². The van der Waals surface area contributed by atoms with E-state index in [1.165, 1.54) is 12.8 Å². The van der Waals surface area contributed by atoms with Gasteiger partial charge in [-0.25, -0.2) is 4.79 Å². The zero-order valence-electron chi connectivity index (χ0n) is 10.6. The van der Waals surface area contributed by atoms with Gasteiger partial charge < -0.3 is 10.5 Å². The quantitative estimate of drug-likeness (QED) is 0.437. The fraction of sp³-hybridized carbons (Fsp3) is 0.500. The van der Waals surface area contributed by atoms with E-state index in [1.54, 1.807) is 26.0 Å². The van der Waals surface area contributed by atoms with Crippen LogP contribution in [0.15, 0.2) is 36.0 Å². The molecule has 0 saturated heterocycles. The second kappa shape index (κ2) is 6.40. The van der Waals surface area contributed by atoms with Crippen molar-refractivity contribution in [3.63, 3.8) is 0 Å². The molecule has 17 heavy (non-hydrogen) atoms. The first-order chi connectivity index (χ1) is 8.10. The summed E-state index contributed by atoms with van der Waals surface area (Å²) in [5, 5.41) is 0. The molecule has 1 fully saturated rings. The second-order valence-corrected chi connectivity index (χ2v) is 4.24. The zero-order chi connectivity index (χ0) is 12.8. The summed E-state index contributed by atoms with van der Waals surface area (Å²) in [4.78, 5) is 11.5. The minimum atomic E-state index is -0.306. The third-order valence-electron chi connectivity index (χ3n) is 2.86. The van der Waals surface area contributed by atoms with Gasteiger partial charge in [-0.15, -0.1) is 0 Å². The van der Waals surface area contributed by atoms with Gasteiger partial charge in [-0.2, -0.15) is 0 Å². The number of hydrogen-bond donors (Lipinski definition) is 1. The molecule has 1 aliphatic rings. The van der Waals surface area contributed by atoms with Crippen LogP contribution in [0, 0.1) is 5.92 Å². The van der Waals surface area contributed by atoms with Gasteiger partial charge in [-0.1, -0.05) is 18.7 Å². The first-order valence-corrected chi connectivity index (χ1v) is 6.06. The average Bonchev–Trinajstić information content (AvgIpc) is 3.12. The van der Waals surface area contributed by atoms with Crippen LogP contribution in [0.3, 0.4) is 0 Å². The Morgan fingerprint density at radius 1 is 1.53 bits per heavy atom. The Balaban J connectivity index is 2.55. The largest absolute Gasteiger partial charge is 0.462 e. The number of hydrogen-bond acceptors (Lipinski definition) is 3. The number of rotatable bonds is 6. The number of allylic oxidation sites excluding steroid dienone is 1. The van der Waals surface area contributed by atoms with E-state index >= 15 is 0 Å². The van der Waals surface area contributed by atoms with Crippen molar-refractivity contribution in [3.8, 4) is 0 Å². The lowest BCUT2D eigenvalue weighted by Gasteiger charge is -2.09. The predicted octanol–water partition coefficient (Wildman–Crippen LogP) is 2.35. The highest BCUT2D eigenvalue weighted by Gasteiger charge is 2.29. The molecular formula is C14H21NO2. The lowest BCUT2D eigenvalue weighted by Crippen LogP contribution is -2.23. The number of carbonyl (C=O) groups excluding carboxylic acids is 1. The third-order valence-corrected chi connectivity index (χ3v) is 2.86. The standard InChI is InChI=1S/C14H21NO2/c1-4-11(14(16)17-5-2)7-6-10(3)13(15)12-8-9-12/h4,6-7,12-13H,3,5,8-9,15H2,1-2H3/b7-6-,11-4+. The monoisotopic (exact) mass is 235 g/mol. The highest BCUT2D eigenvalue weighted by atomic mass is 16.5. The molecule has 0 radical (unpaired) electrons. The number of ether oxygens (including phenoxy) is 1. The van der Waals surface area contributed by atoms with Gasteiger partial charge in [0.05, 0.1) is 12.2 Å². The van der Waals surface area contributed by atoms with Crippen molar-refractivity contribution in [2.45, 2.75) is 32.7 Å². The van der Waals surface area contributed by atoms with E-state index in [4.69, 9.17) is 10.5 Å². The molecule has 0 aromatic rings. The molecule has 3 heteroatoms. The zero-order valence-corrected chi connectivity index (χ0v) is 10.6. The Labute approximate surface area is 103 Å². The molecule has 1 rings (SSSR count). The van der Waals surface area contributed by atoms with E-state index < -0.39 is 0 Å². The van der Waals surface area contributed by atoms with Crippen molar-refractivity contribution in [1.82, 2.24) is 0 Å². The summed E-state index contributed by atoms with van der Waals surface area (Å²) in [5.41, 5.74) is 7.41. The van der Waals surface area contributed by atoms with Crippen LogP contribution in [0.1, 0.15) is 26.7 Å². The van der Waals surface area contributed by atoms with Crippen molar-refractivity contribution >= 4 is 5.97 Å². The molecule has 94 valence electrons. The fourth-order valence-electron chi connectivity index (χ4n) is 1.56. The molecule has 0 aliphatic heterocycles. The Hall–Kier alpha value is -1.35. The highest BCUT2D eigenvalue weighted by Crippen LogP contribution is 2.34. The first-order valence-electron chi connectivity index (χ1n) is 6.06. The lowest BCUT2D eigenvalue weighted by molar-refractivity contribution is -0.138. The summed E-state index contributed by atoms with van der Waals surface area (Å²) in [6, 6.07) is 0.0200. The van der Waals surface area contributed by atoms with Gasteiger partial charge >= 0.3 is 5.97 Å². The molecule has 1 aliphatic carbocycles. The number of carbonyl (C=O) groups is 1. The summed E-state index contributed by atoms with van der Waals surface area (Å²) in [6.07, 6.45) is 7.63. The molecule has 0 spiro atoms. The van der Waals surface area contributed by atoms with Crippen molar-refractivity contribution in [2.75, 3.05) is 6.61 Å². The molecule has 0 amide bonds. The van der Waals surface area contributed by atoms with E-state index in [0.29, 0.717) is 18.1 Å². The van der Waals surface area contributed by atoms with Crippen molar-refractivity contribution in [3.05, 3.63) is 36.0 Å². The third kappa shape index (κ3) is 4.19. The average molecular weight is 235 g/mol. The smallest absolute Gasteiger partial charge is 0.337 e. The second-order valence-electron chi connectivity index (χ2n) is 4.24. The van der Waals surface area contributed by atoms with Crippen LogP contribution in [0.5, 0.6) is 0 Å². The van der Waals surface area contributed by atoms with Crippen molar-refractivity contribution < 1.29 is 9.53 Å². The van der Waals surface area contributed by atoms with Crippen LogP contribution in [-0.2, 0) is 9.53 Å². The summed E-state index contributed by atoms with van der Waals surface area (Å²) >= 11 is 0. The van der Waals surface area contributed by atoms with Gasteiger partial charge in [0.25, 0.3) is 0 Å². The van der Waals surface area contributed by atoms with Gasteiger partial charge in [0.2, 0.25) is 0 Å². The molecule has 0 heterocycles. The van der Waals surface area contributed by atoms with E-state index in [9.17, 15) is 4.79 Å². The van der Waals surface area contributed by atoms with Gasteiger partial charge in [0.1, 0.15) is 0 Å². The minimum Gasteiger partial charge on any atom is -0.462 e. The maximum Gasteiger partial charge on any atom is 0.337 e. The summed E-state index contributed by atoms with van der Waals surface area (Å²) < 4.78 is 4.93. The Morgan fingerprint density at radius 3 is 2.65 bits per heavy atom. The van der Waals surface area contributed by atoms with Gasteiger partial charge in [0, 0.05) is 6.04 Å². The lowest BCUT2D eigenvalue weighted by atomic mass is 10.0. The molecule has 1 unspecified atom stereocenters. The number of esters is 1. The Bertz CT molecular complexity index is 351. The predicted molar refractivity (Wildman–Crippen MR) is 69.4 cm³/mol. The van der Waals surface area contributed by atoms with Crippen molar-refractivity contribution in [1.29, 1.82) is 0 Å². The maximum absolute atomic E-state index is 11.5. The highest BCUT2D eigenvalue weighted by molar-refractivity contribution is 5.91. The van der Waals surface area contributed by atoms with Crippen LogP contribution in [0.2, 0.25) is 0 Å². The molecule has 0 aromatic carbocycles. The van der Waals surface area contributed by atoms with Gasteiger partial charge in [-0.05, 0) is 44.3 Å². The molecule has 2 N–H and O–H groups in total. The first kappa shape index (κ1) is 13.7. The molecule has 1 saturated carbocycles. The summed E-state index contributed by atoms with van der Waals surface area (Å²) in [5.74, 6) is 0.267. The summed E-state index contributed by atoms with van der Waals surface area (Å²) in [7, 11) is 0. The SMILES string of the molecule is C=C(/C=C\C(=C/C)C(=O)OCC)C(N)C1CC1. The van der Waals surface area contributed by atoms with E-state index in [2.05, 4.69) is 6.58 Å². The molecule has 3 nitrogen and oxygen atoms in total. The van der Waals surface area contributed by atoms with E-state index in [0.717, 1.165) is 5.57 Å². The van der Waals surface area contributed by atoms with Crippen LogP contribution in [0.25, 0.3) is 0 Å². The normalized spacial score (nSPS) is 18.2. The fourth-order valence-corrected chi connectivity index (χ4v) is 1.56. The Morgan fingerprint density at radius 2 is 2.18 bits per heavy atom. The molecule has 0 aromatic heterocycles. The molecule has 0 bridgehead atoms. The molecule has 1 atom stereocenters. The van der Waals surface area contributed by atoms with Crippen LogP contribution in [-0.4, -0.2) is 18.6 Å². The van der Waals surface area contributed by atoms with E-state index in [1.807, 2.05) is 6.08 Å². The van der Waals surface area contributed by atoms with Gasteiger partial charge in [0.15, 0.2) is 0 Å². The van der Waals surface area contributed by atoms with E-state index in [-0.39, 0.29) is 12.0 Å². The summed E-state index contributed by atoms with van der Waals surface area (Å²) in [6.45, 7) is 7.91. The van der Waals surface area contributed by atoms with Crippen molar-refractivity contribution in [2.24, 2.45) is 11.7 Å². The molecular weight excluding hydrogens is 214 g/mol. The number of nitrogens with two attached hydrogens (primary N) is 1. The van der Waals surface area contributed by atoms with Crippen LogP contribution < -0.4 is 5.73 Å². The maximum atomic E-state index is 11.5. The van der Waals surface area contributed by atoms with Gasteiger partial charge in [-0.3, -0.25) is 0 Å². The minimum absolute atomic E-state index is 0.0200.